The van der Waals surface area contributed by atoms with Crippen LogP contribution in [0.5, 0.6) is 11.5 Å². The number of aromatic hydroxyl groups is 1. The summed E-state index contributed by atoms with van der Waals surface area (Å²) in [6.07, 6.45) is 8.76. The van der Waals surface area contributed by atoms with Gasteiger partial charge in [0.25, 0.3) is 0 Å². The Bertz CT molecular complexity index is 1450. The van der Waals surface area contributed by atoms with Crippen molar-refractivity contribution < 1.29 is 14.6 Å². The van der Waals surface area contributed by atoms with E-state index in [0.717, 1.165) is 42.5 Å². The number of ether oxygens (including phenoxy) is 1. The van der Waals surface area contributed by atoms with Crippen LogP contribution in [-0.2, 0) is 6.54 Å². The molecule has 2 aliphatic rings. The molecule has 1 N–H and O–H groups in total. The van der Waals surface area contributed by atoms with Crippen LogP contribution in [-0.4, -0.2) is 27.3 Å². The molecule has 1 aromatic heterocycles. The van der Waals surface area contributed by atoms with Crippen molar-refractivity contribution in [2.45, 2.75) is 31.8 Å². The zero-order chi connectivity index (χ0) is 25.2. The van der Waals surface area contributed by atoms with Crippen molar-refractivity contribution in [3.05, 3.63) is 119 Å². The maximum atomic E-state index is 13.2. The van der Waals surface area contributed by atoms with E-state index >= 15 is 0 Å². The number of fused-ring (bicyclic) bond motifs is 1. The third kappa shape index (κ3) is 4.66. The molecule has 1 saturated heterocycles. The molecule has 0 unspecified atom stereocenters. The highest BCUT2D eigenvalue weighted by molar-refractivity contribution is 6.15. The lowest BCUT2D eigenvalue weighted by molar-refractivity contribution is 0.101. The van der Waals surface area contributed by atoms with Crippen molar-refractivity contribution in [1.29, 1.82) is 0 Å². The van der Waals surface area contributed by atoms with Crippen LogP contribution in [0.2, 0.25) is 0 Å². The first-order valence-electron chi connectivity index (χ1n) is 12.8. The van der Waals surface area contributed by atoms with Gasteiger partial charge in [0, 0.05) is 25.0 Å². The molecule has 184 valence electrons. The highest BCUT2D eigenvalue weighted by Crippen LogP contribution is 2.42. The van der Waals surface area contributed by atoms with Crippen molar-refractivity contribution in [2.75, 3.05) is 6.54 Å². The number of allylic oxidation sites excluding steroid dienone is 1. The zero-order valence-corrected chi connectivity index (χ0v) is 20.5. The standard InChI is InChI=1S/C32H28N2O3/c35-29-16-15-26-31(36)30(19-22-11-13-24(14-12-22)23-7-2-1-3-8-23)37-32(26)27(29)21-34-18-5-4-10-28(34)25-9-6-17-33-20-25/h1-3,6-9,11-17,19-20,28,35H,4-5,10,18,21H2/b30-19-/t28-/m0/s1. The molecule has 1 atom stereocenters. The number of hydrogen-bond donors (Lipinski definition) is 1. The van der Waals surface area contributed by atoms with E-state index in [2.05, 4.69) is 28.1 Å². The second kappa shape index (κ2) is 10.0. The third-order valence-corrected chi connectivity index (χ3v) is 7.28. The Hall–Kier alpha value is -4.22. The van der Waals surface area contributed by atoms with Crippen molar-refractivity contribution in [2.24, 2.45) is 0 Å². The van der Waals surface area contributed by atoms with E-state index in [1.807, 2.05) is 54.7 Å². The minimum absolute atomic E-state index is 0.149. The van der Waals surface area contributed by atoms with Crippen LogP contribution in [0.3, 0.4) is 0 Å². The van der Waals surface area contributed by atoms with Gasteiger partial charge in [0.1, 0.15) is 11.5 Å². The van der Waals surface area contributed by atoms with Gasteiger partial charge < -0.3 is 9.84 Å². The summed E-state index contributed by atoms with van der Waals surface area (Å²) in [4.78, 5) is 19.9. The van der Waals surface area contributed by atoms with E-state index in [4.69, 9.17) is 4.74 Å². The fourth-order valence-corrected chi connectivity index (χ4v) is 5.34. The second-order valence-corrected chi connectivity index (χ2v) is 9.64. The minimum Gasteiger partial charge on any atom is -0.507 e. The molecule has 0 radical (unpaired) electrons. The van der Waals surface area contributed by atoms with Gasteiger partial charge in [0.2, 0.25) is 5.78 Å². The number of likely N-dealkylation sites (tertiary alicyclic amines) is 1. The van der Waals surface area contributed by atoms with E-state index in [0.29, 0.717) is 23.4 Å². The molecule has 0 spiro atoms. The average Bonchev–Trinajstić information content (AvgIpc) is 3.27. The topological polar surface area (TPSA) is 62.7 Å². The molecular weight excluding hydrogens is 460 g/mol. The van der Waals surface area contributed by atoms with Crippen molar-refractivity contribution in [1.82, 2.24) is 9.88 Å². The average molecular weight is 489 g/mol. The van der Waals surface area contributed by atoms with Crippen LogP contribution in [0.4, 0.5) is 0 Å². The van der Waals surface area contributed by atoms with Crippen LogP contribution in [0, 0.1) is 0 Å². The van der Waals surface area contributed by atoms with Gasteiger partial charge >= 0.3 is 0 Å². The predicted octanol–water partition coefficient (Wildman–Crippen LogP) is 6.80. The molecule has 3 aromatic carbocycles. The number of piperidine rings is 1. The Morgan fingerprint density at radius 1 is 0.946 bits per heavy atom. The summed E-state index contributed by atoms with van der Waals surface area (Å²) in [6, 6.07) is 25.8. The molecule has 0 aliphatic carbocycles. The number of rotatable bonds is 5. The molecule has 37 heavy (non-hydrogen) atoms. The van der Waals surface area contributed by atoms with Crippen LogP contribution < -0.4 is 4.74 Å². The molecule has 1 fully saturated rings. The van der Waals surface area contributed by atoms with Gasteiger partial charge in [-0.15, -0.1) is 0 Å². The Morgan fingerprint density at radius 2 is 1.76 bits per heavy atom. The Kier molecular flexibility index (Phi) is 6.29. The number of carbonyl (C=O) groups excluding carboxylic acids is 1. The third-order valence-electron chi connectivity index (χ3n) is 7.28. The molecule has 5 heteroatoms. The lowest BCUT2D eigenvalue weighted by Gasteiger charge is -2.36. The number of carbonyl (C=O) groups is 1. The summed E-state index contributed by atoms with van der Waals surface area (Å²) in [6.45, 7) is 1.41. The van der Waals surface area contributed by atoms with Crippen molar-refractivity contribution in [3.63, 3.8) is 0 Å². The van der Waals surface area contributed by atoms with E-state index in [1.165, 1.54) is 5.56 Å². The fourth-order valence-electron chi connectivity index (χ4n) is 5.34. The lowest BCUT2D eigenvalue weighted by atomic mass is 9.95. The number of ketones is 1. The number of nitrogens with zero attached hydrogens (tertiary/aromatic N) is 2. The SMILES string of the molecule is O=C1/C(=C/c2ccc(-c3ccccc3)cc2)Oc2c1ccc(O)c2CN1CCCC[C@H]1c1cccnc1. The maximum absolute atomic E-state index is 13.2. The smallest absolute Gasteiger partial charge is 0.231 e. The number of phenols is 1. The van der Waals surface area contributed by atoms with Gasteiger partial charge in [-0.2, -0.15) is 0 Å². The number of pyridine rings is 1. The molecular formula is C32H28N2O3. The van der Waals surface area contributed by atoms with E-state index < -0.39 is 0 Å². The highest BCUT2D eigenvalue weighted by atomic mass is 16.5. The molecule has 0 saturated carbocycles. The van der Waals surface area contributed by atoms with E-state index in [9.17, 15) is 9.90 Å². The van der Waals surface area contributed by atoms with Crippen LogP contribution in [0.25, 0.3) is 17.2 Å². The number of phenolic OH excluding ortho intramolecular Hbond substituents is 1. The Labute approximate surface area is 216 Å². The first-order valence-corrected chi connectivity index (χ1v) is 12.8. The highest BCUT2D eigenvalue weighted by Gasteiger charge is 2.33. The summed E-state index contributed by atoms with van der Waals surface area (Å²) in [5.41, 5.74) is 5.46. The zero-order valence-electron chi connectivity index (χ0n) is 20.5. The van der Waals surface area contributed by atoms with E-state index in [1.54, 1.807) is 24.4 Å². The fraction of sp³-hybridized carbons (Fsp3) is 0.188. The number of hydrogen-bond acceptors (Lipinski definition) is 5. The van der Waals surface area contributed by atoms with Crippen LogP contribution >= 0.6 is 0 Å². The second-order valence-electron chi connectivity index (χ2n) is 9.64. The number of Topliss-reactive ketones (excluding diaryl/α,β-unsaturated/α-hetero) is 1. The minimum atomic E-state index is -0.161. The van der Waals surface area contributed by atoms with Crippen LogP contribution in [0.1, 0.15) is 52.4 Å². The van der Waals surface area contributed by atoms with Gasteiger partial charge in [-0.1, -0.05) is 67.1 Å². The van der Waals surface area contributed by atoms with Gasteiger partial charge in [0.15, 0.2) is 5.76 Å². The van der Waals surface area contributed by atoms with E-state index in [-0.39, 0.29) is 23.3 Å². The van der Waals surface area contributed by atoms with Crippen molar-refractivity contribution >= 4 is 11.9 Å². The Morgan fingerprint density at radius 3 is 2.54 bits per heavy atom. The number of benzene rings is 3. The largest absolute Gasteiger partial charge is 0.507 e. The summed E-state index contributed by atoms with van der Waals surface area (Å²) >= 11 is 0. The van der Waals surface area contributed by atoms with Crippen LogP contribution in [0.15, 0.2) is 97.0 Å². The quantitative estimate of drug-likeness (QED) is 0.313. The van der Waals surface area contributed by atoms with Crippen molar-refractivity contribution in [3.8, 4) is 22.6 Å². The molecule has 2 aliphatic heterocycles. The summed E-state index contributed by atoms with van der Waals surface area (Å²) in [5.74, 6) is 0.728. The van der Waals surface area contributed by atoms with Gasteiger partial charge in [-0.05, 0) is 65.9 Å². The molecule has 3 heterocycles. The van der Waals surface area contributed by atoms with Gasteiger partial charge in [0.05, 0.1) is 11.1 Å². The lowest BCUT2D eigenvalue weighted by Crippen LogP contribution is -2.33. The van der Waals surface area contributed by atoms with Gasteiger partial charge in [-0.3, -0.25) is 14.7 Å². The summed E-state index contributed by atoms with van der Waals surface area (Å²) in [5, 5.41) is 10.8. The first kappa shape index (κ1) is 23.2. The molecule has 0 amide bonds. The summed E-state index contributed by atoms with van der Waals surface area (Å²) < 4.78 is 6.15. The normalized spacial score (nSPS) is 18.5. The molecule has 0 bridgehead atoms. The molecule has 4 aromatic rings. The number of aromatic nitrogens is 1. The predicted molar refractivity (Wildman–Crippen MR) is 144 cm³/mol. The van der Waals surface area contributed by atoms with Gasteiger partial charge in [-0.25, -0.2) is 0 Å². The first-order chi connectivity index (χ1) is 18.2. The monoisotopic (exact) mass is 488 g/mol. The summed E-state index contributed by atoms with van der Waals surface area (Å²) in [7, 11) is 0. The maximum Gasteiger partial charge on any atom is 0.231 e. The molecule has 5 nitrogen and oxygen atoms in total. The Balaban J connectivity index is 1.27. The molecule has 6 rings (SSSR count).